The van der Waals surface area contributed by atoms with E-state index in [1.54, 1.807) is 12.1 Å². The molecule has 4 N–H and O–H groups in total. The molecule has 108 valence electrons. The third-order valence-corrected chi connectivity index (χ3v) is 2.63. The molecule has 7 heteroatoms. The first-order valence-corrected chi connectivity index (χ1v) is 6.04. The monoisotopic (exact) mass is 280 g/mol. The molecular weight excluding hydrogens is 264 g/mol. The van der Waals surface area contributed by atoms with E-state index in [1.165, 1.54) is 0 Å². The fourth-order valence-electron chi connectivity index (χ4n) is 1.64. The maximum atomic E-state index is 11.7. The van der Waals surface area contributed by atoms with Gasteiger partial charge in [0.15, 0.2) is 0 Å². The van der Waals surface area contributed by atoms with Gasteiger partial charge in [0, 0.05) is 5.69 Å². The van der Waals surface area contributed by atoms with Crippen molar-refractivity contribution in [1.82, 2.24) is 5.32 Å². The van der Waals surface area contributed by atoms with Crippen molar-refractivity contribution >= 4 is 23.7 Å². The van der Waals surface area contributed by atoms with Gasteiger partial charge < -0.3 is 20.8 Å². The van der Waals surface area contributed by atoms with E-state index < -0.39 is 30.4 Å². The molecule has 0 unspecified atom stereocenters. The zero-order valence-corrected chi connectivity index (χ0v) is 10.9. The smallest absolute Gasteiger partial charge is 0.326 e. The maximum Gasteiger partial charge on any atom is 0.326 e. The van der Waals surface area contributed by atoms with E-state index >= 15 is 0 Å². The zero-order valence-electron chi connectivity index (χ0n) is 10.9. The van der Waals surface area contributed by atoms with Crippen LogP contribution in [0.5, 0.6) is 0 Å². The number of hydrogen-bond acceptors (Lipinski definition) is 3. The summed E-state index contributed by atoms with van der Waals surface area (Å²) < 4.78 is 0. The van der Waals surface area contributed by atoms with E-state index in [0.29, 0.717) is 12.1 Å². The highest BCUT2D eigenvalue weighted by molar-refractivity contribution is 5.93. The first kappa shape index (κ1) is 15.5. The SMILES string of the molecule is CCc1ccccc1NC(=O)N[C@H](CC(=O)O)C(=O)O. The fourth-order valence-corrected chi connectivity index (χ4v) is 1.64. The molecule has 0 spiro atoms. The van der Waals surface area contributed by atoms with E-state index in [4.69, 9.17) is 10.2 Å². The number of aliphatic carboxylic acids is 2. The second-order valence-corrected chi connectivity index (χ2v) is 4.10. The van der Waals surface area contributed by atoms with E-state index in [1.807, 2.05) is 19.1 Å². The van der Waals surface area contributed by atoms with Crippen molar-refractivity contribution in [2.75, 3.05) is 5.32 Å². The zero-order chi connectivity index (χ0) is 15.1. The number of benzene rings is 1. The molecule has 0 aromatic heterocycles. The van der Waals surface area contributed by atoms with Gasteiger partial charge in [0.1, 0.15) is 6.04 Å². The minimum atomic E-state index is -1.47. The van der Waals surface area contributed by atoms with Crippen molar-refractivity contribution in [1.29, 1.82) is 0 Å². The standard InChI is InChI=1S/C13H16N2O5/c1-2-8-5-3-4-6-9(8)14-13(20)15-10(12(18)19)7-11(16)17/h3-6,10H,2,7H2,1H3,(H,16,17)(H,18,19)(H2,14,15,20)/t10-/m1/s1. The number of carbonyl (C=O) groups is 3. The Morgan fingerprint density at radius 1 is 1.20 bits per heavy atom. The number of rotatable bonds is 6. The molecule has 0 aliphatic heterocycles. The molecule has 1 atom stereocenters. The van der Waals surface area contributed by atoms with Gasteiger partial charge in [0.05, 0.1) is 6.42 Å². The van der Waals surface area contributed by atoms with Gasteiger partial charge in [-0.25, -0.2) is 9.59 Å². The predicted molar refractivity (Wildman–Crippen MR) is 71.7 cm³/mol. The summed E-state index contributed by atoms with van der Waals surface area (Å²) in [7, 11) is 0. The minimum absolute atomic E-state index is 0.562. The van der Waals surface area contributed by atoms with Gasteiger partial charge in [-0.2, -0.15) is 0 Å². The molecule has 0 aliphatic carbocycles. The van der Waals surface area contributed by atoms with Crippen LogP contribution in [0.15, 0.2) is 24.3 Å². The van der Waals surface area contributed by atoms with Crippen LogP contribution in [-0.2, 0) is 16.0 Å². The number of hydrogen-bond donors (Lipinski definition) is 4. The van der Waals surface area contributed by atoms with E-state index in [2.05, 4.69) is 10.6 Å². The van der Waals surface area contributed by atoms with Crippen LogP contribution in [-0.4, -0.2) is 34.2 Å². The first-order chi connectivity index (χ1) is 9.43. The molecule has 0 bridgehead atoms. The number of nitrogens with one attached hydrogen (secondary N) is 2. The molecule has 20 heavy (non-hydrogen) atoms. The van der Waals surface area contributed by atoms with Crippen molar-refractivity contribution in [3.8, 4) is 0 Å². The third-order valence-electron chi connectivity index (χ3n) is 2.63. The molecule has 0 saturated carbocycles. The second-order valence-electron chi connectivity index (χ2n) is 4.10. The molecule has 0 heterocycles. The van der Waals surface area contributed by atoms with Crippen molar-refractivity contribution in [2.24, 2.45) is 0 Å². The molecule has 0 radical (unpaired) electrons. The number of anilines is 1. The molecule has 0 saturated heterocycles. The Morgan fingerprint density at radius 3 is 2.40 bits per heavy atom. The van der Waals surface area contributed by atoms with Crippen molar-refractivity contribution in [3.63, 3.8) is 0 Å². The quantitative estimate of drug-likeness (QED) is 0.626. The average Bonchev–Trinajstić information content (AvgIpc) is 2.37. The minimum Gasteiger partial charge on any atom is -0.481 e. The number of carbonyl (C=O) groups excluding carboxylic acids is 1. The molecule has 0 aliphatic rings. The summed E-state index contributed by atoms with van der Waals surface area (Å²) in [5, 5.41) is 22.0. The molecule has 7 nitrogen and oxygen atoms in total. The van der Waals surface area contributed by atoms with Crippen LogP contribution in [0.4, 0.5) is 10.5 Å². The molecule has 2 amide bonds. The second kappa shape index (κ2) is 7.13. The lowest BCUT2D eigenvalue weighted by Gasteiger charge is -2.14. The average molecular weight is 280 g/mol. The molecular formula is C13H16N2O5. The molecule has 1 rings (SSSR count). The number of carboxylic acids is 2. The van der Waals surface area contributed by atoms with Crippen LogP contribution >= 0.6 is 0 Å². The Kier molecular flexibility index (Phi) is 5.52. The lowest BCUT2D eigenvalue weighted by atomic mass is 10.1. The Labute approximate surface area is 115 Å². The summed E-state index contributed by atoms with van der Waals surface area (Å²) in [6.45, 7) is 1.92. The van der Waals surface area contributed by atoms with Gasteiger partial charge in [-0.15, -0.1) is 0 Å². The molecule has 1 aromatic carbocycles. The summed E-state index contributed by atoms with van der Waals surface area (Å²) in [6.07, 6.45) is 0.0200. The van der Waals surface area contributed by atoms with Gasteiger partial charge in [0.2, 0.25) is 0 Å². The van der Waals surface area contributed by atoms with Crippen LogP contribution in [0.2, 0.25) is 0 Å². The fraction of sp³-hybridized carbons (Fsp3) is 0.308. The molecule has 1 aromatic rings. The number of amides is 2. The van der Waals surface area contributed by atoms with E-state index in [-0.39, 0.29) is 0 Å². The predicted octanol–water partition coefficient (Wildman–Crippen LogP) is 1.30. The highest BCUT2D eigenvalue weighted by Crippen LogP contribution is 2.15. The normalized spacial score (nSPS) is 11.4. The van der Waals surface area contributed by atoms with Gasteiger partial charge in [-0.05, 0) is 18.1 Å². The lowest BCUT2D eigenvalue weighted by molar-refractivity contribution is -0.145. The van der Waals surface area contributed by atoms with E-state index in [9.17, 15) is 14.4 Å². The van der Waals surface area contributed by atoms with Gasteiger partial charge >= 0.3 is 18.0 Å². The van der Waals surface area contributed by atoms with Crippen molar-refractivity contribution < 1.29 is 24.6 Å². The highest BCUT2D eigenvalue weighted by atomic mass is 16.4. The summed E-state index contributed by atoms with van der Waals surface area (Å²) >= 11 is 0. The Balaban J connectivity index is 2.70. The summed E-state index contributed by atoms with van der Waals surface area (Å²) in [6, 6.07) is 4.86. The first-order valence-electron chi connectivity index (χ1n) is 6.04. The van der Waals surface area contributed by atoms with Crippen LogP contribution in [0, 0.1) is 0 Å². The summed E-state index contributed by atoms with van der Waals surface area (Å²) in [5.41, 5.74) is 1.46. The summed E-state index contributed by atoms with van der Waals surface area (Å²) in [4.78, 5) is 33.1. The Bertz CT molecular complexity index is 515. The Morgan fingerprint density at radius 2 is 1.85 bits per heavy atom. The number of aryl methyl sites for hydroxylation is 1. The number of carboxylic acid groups (broad SMARTS) is 2. The highest BCUT2D eigenvalue weighted by Gasteiger charge is 2.23. The van der Waals surface area contributed by atoms with Gasteiger partial charge in [-0.3, -0.25) is 4.79 Å². The Hall–Kier alpha value is -2.57. The third kappa shape index (κ3) is 4.60. The maximum absolute atomic E-state index is 11.7. The van der Waals surface area contributed by atoms with Gasteiger partial charge in [0.25, 0.3) is 0 Å². The van der Waals surface area contributed by atoms with Crippen LogP contribution in [0.3, 0.4) is 0 Å². The topological polar surface area (TPSA) is 116 Å². The van der Waals surface area contributed by atoms with E-state index in [0.717, 1.165) is 5.56 Å². The largest absolute Gasteiger partial charge is 0.481 e. The van der Waals surface area contributed by atoms with Crippen molar-refractivity contribution in [2.45, 2.75) is 25.8 Å². The van der Waals surface area contributed by atoms with Crippen LogP contribution in [0.25, 0.3) is 0 Å². The van der Waals surface area contributed by atoms with Gasteiger partial charge in [-0.1, -0.05) is 25.1 Å². The molecule has 0 fully saturated rings. The van der Waals surface area contributed by atoms with Crippen molar-refractivity contribution in [3.05, 3.63) is 29.8 Å². The number of urea groups is 1. The lowest BCUT2D eigenvalue weighted by Crippen LogP contribution is -2.44. The van der Waals surface area contributed by atoms with Crippen LogP contribution < -0.4 is 10.6 Å². The summed E-state index contributed by atoms with van der Waals surface area (Å²) in [5.74, 6) is -2.70. The number of para-hydroxylation sites is 1. The van der Waals surface area contributed by atoms with Crippen LogP contribution in [0.1, 0.15) is 18.9 Å².